The summed E-state index contributed by atoms with van der Waals surface area (Å²) in [4.78, 5) is 12.5. The largest absolute Gasteiger partial charge is 0.508 e. The molecule has 0 spiro atoms. The highest BCUT2D eigenvalue weighted by atomic mass is 32.2. The predicted molar refractivity (Wildman–Crippen MR) is 143 cm³/mol. The van der Waals surface area contributed by atoms with E-state index in [0.29, 0.717) is 39.4 Å². The smallest absolute Gasteiger partial charge is 0.250 e. The molecule has 1 heterocycles. The van der Waals surface area contributed by atoms with Gasteiger partial charge in [0.25, 0.3) is 5.91 Å². The van der Waals surface area contributed by atoms with Gasteiger partial charge in [-0.1, -0.05) is 30.0 Å². The van der Waals surface area contributed by atoms with Crippen LogP contribution in [0.5, 0.6) is 28.7 Å². The predicted octanol–water partition coefficient (Wildman–Crippen LogP) is 3.61. The highest BCUT2D eigenvalue weighted by Crippen LogP contribution is 2.41. The molecule has 0 unspecified atom stereocenters. The first-order valence-electron chi connectivity index (χ1n) is 11.2. The van der Waals surface area contributed by atoms with Crippen molar-refractivity contribution in [2.45, 2.75) is 5.16 Å². The van der Waals surface area contributed by atoms with Gasteiger partial charge in [0.1, 0.15) is 11.5 Å². The number of carbonyl (C=O) groups is 1. The van der Waals surface area contributed by atoms with Crippen molar-refractivity contribution in [3.63, 3.8) is 0 Å². The van der Waals surface area contributed by atoms with Gasteiger partial charge in [0.2, 0.25) is 5.75 Å². The second-order valence-electron chi connectivity index (χ2n) is 7.72. The van der Waals surface area contributed by atoms with Crippen molar-refractivity contribution in [2.75, 3.05) is 27.1 Å². The number of carbonyl (C=O) groups excluding carboxylic acids is 1. The van der Waals surface area contributed by atoms with E-state index < -0.39 is 0 Å². The van der Waals surface area contributed by atoms with Crippen LogP contribution in [0, 0.1) is 0 Å². The van der Waals surface area contributed by atoms with E-state index in [1.165, 1.54) is 57.5 Å². The number of nitrogens with zero attached hydrogens (tertiary/aromatic N) is 4. The molecule has 3 N–H and O–H groups in total. The zero-order valence-corrected chi connectivity index (χ0v) is 21.6. The SMILES string of the molecule is COc1cc(-c2nnc(SCC(=O)N/N=C/c3ccc(O)cc3O)n2-c2ccccc2)cc(OC)c1OC. The molecule has 0 atom stereocenters. The number of hydrazone groups is 1. The van der Waals surface area contributed by atoms with Crippen molar-refractivity contribution in [3.8, 4) is 45.8 Å². The molecule has 0 aliphatic rings. The van der Waals surface area contributed by atoms with Crippen molar-refractivity contribution in [3.05, 3.63) is 66.2 Å². The van der Waals surface area contributed by atoms with Crippen LogP contribution in [-0.2, 0) is 4.79 Å². The van der Waals surface area contributed by atoms with Crippen molar-refractivity contribution in [1.82, 2.24) is 20.2 Å². The molecule has 4 rings (SSSR count). The molecule has 0 aliphatic heterocycles. The number of ether oxygens (including phenoxy) is 3. The van der Waals surface area contributed by atoms with Gasteiger partial charge in [-0.3, -0.25) is 9.36 Å². The lowest BCUT2D eigenvalue weighted by Crippen LogP contribution is -2.20. The Balaban J connectivity index is 1.59. The summed E-state index contributed by atoms with van der Waals surface area (Å²) in [5.41, 5.74) is 4.23. The third kappa shape index (κ3) is 5.81. The van der Waals surface area contributed by atoms with Crippen molar-refractivity contribution in [1.29, 1.82) is 0 Å². The Morgan fingerprint density at radius 2 is 1.71 bits per heavy atom. The van der Waals surface area contributed by atoms with Crippen LogP contribution in [0.4, 0.5) is 0 Å². The number of para-hydroxylation sites is 1. The molecule has 12 heteroatoms. The molecule has 0 radical (unpaired) electrons. The number of hydrogen-bond acceptors (Lipinski definition) is 10. The van der Waals surface area contributed by atoms with E-state index in [2.05, 4.69) is 20.7 Å². The molecule has 0 saturated heterocycles. The number of benzene rings is 3. The van der Waals surface area contributed by atoms with Gasteiger partial charge in [0.05, 0.1) is 33.3 Å². The molecule has 1 aromatic heterocycles. The van der Waals surface area contributed by atoms with Gasteiger partial charge in [-0.2, -0.15) is 5.10 Å². The summed E-state index contributed by atoms with van der Waals surface area (Å²) in [6, 6.07) is 17.1. The van der Waals surface area contributed by atoms with Crippen molar-refractivity contribution < 1.29 is 29.2 Å². The van der Waals surface area contributed by atoms with Crippen LogP contribution in [0.2, 0.25) is 0 Å². The Bertz CT molecular complexity index is 1430. The van der Waals surface area contributed by atoms with E-state index in [-0.39, 0.29) is 23.2 Å². The molecule has 196 valence electrons. The van der Waals surface area contributed by atoms with Gasteiger partial charge in [0, 0.05) is 22.9 Å². The van der Waals surface area contributed by atoms with Gasteiger partial charge in [-0.05, 0) is 36.4 Å². The van der Waals surface area contributed by atoms with Gasteiger partial charge >= 0.3 is 0 Å². The van der Waals surface area contributed by atoms with Crippen LogP contribution in [0.3, 0.4) is 0 Å². The second kappa shape index (κ2) is 12.0. The monoisotopic (exact) mass is 535 g/mol. The lowest BCUT2D eigenvalue weighted by Gasteiger charge is -2.15. The number of amides is 1. The Kier molecular flexibility index (Phi) is 8.34. The van der Waals surface area contributed by atoms with Crippen LogP contribution in [0.25, 0.3) is 17.1 Å². The van der Waals surface area contributed by atoms with Crippen LogP contribution >= 0.6 is 11.8 Å². The maximum atomic E-state index is 12.5. The summed E-state index contributed by atoms with van der Waals surface area (Å²) in [7, 11) is 4.60. The lowest BCUT2D eigenvalue weighted by molar-refractivity contribution is -0.118. The highest BCUT2D eigenvalue weighted by molar-refractivity contribution is 7.99. The number of phenolic OH excluding ortho intramolecular Hbond substituents is 2. The minimum absolute atomic E-state index is 0.000871. The zero-order chi connectivity index (χ0) is 27.1. The normalized spacial score (nSPS) is 10.9. The third-order valence-electron chi connectivity index (χ3n) is 5.31. The average molecular weight is 536 g/mol. The van der Waals surface area contributed by atoms with E-state index >= 15 is 0 Å². The van der Waals surface area contributed by atoms with Crippen molar-refractivity contribution >= 4 is 23.9 Å². The number of nitrogens with one attached hydrogen (secondary N) is 1. The molecule has 0 saturated carbocycles. The first-order valence-corrected chi connectivity index (χ1v) is 12.2. The van der Waals surface area contributed by atoms with Gasteiger partial charge in [-0.15, -0.1) is 10.2 Å². The molecular formula is C26H25N5O6S. The molecule has 4 aromatic rings. The summed E-state index contributed by atoms with van der Waals surface area (Å²) < 4.78 is 18.2. The number of hydrogen-bond donors (Lipinski definition) is 3. The highest BCUT2D eigenvalue weighted by Gasteiger charge is 2.21. The topological polar surface area (TPSA) is 140 Å². The Hall–Kier alpha value is -4.71. The first-order chi connectivity index (χ1) is 18.4. The number of aromatic hydroxyl groups is 2. The number of thioether (sulfide) groups is 1. The number of methoxy groups -OCH3 is 3. The minimum Gasteiger partial charge on any atom is -0.508 e. The average Bonchev–Trinajstić information content (AvgIpc) is 3.36. The van der Waals surface area contributed by atoms with E-state index in [1.807, 2.05) is 34.9 Å². The summed E-state index contributed by atoms with van der Waals surface area (Å²) in [5, 5.41) is 32.3. The molecule has 11 nitrogen and oxygen atoms in total. The fourth-order valence-corrected chi connectivity index (χ4v) is 4.29. The van der Waals surface area contributed by atoms with Gasteiger partial charge in [0.15, 0.2) is 22.5 Å². The fraction of sp³-hybridized carbons (Fsp3) is 0.154. The van der Waals surface area contributed by atoms with Crippen LogP contribution in [-0.4, -0.2) is 64.2 Å². The summed E-state index contributed by atoms with van der Waals surface area (Å²) >= 11 is 1.18. The maximum Gasteiger partial charge on any atom is 0.250 e. The Morgan fingerprint density at radius 3 is 2.34 bits per heavy atom. The third-order valence-corrected chi connectivity index (χ3v) is 6.24. The molecular weight excluding hydrogens is 510 g/mol. The molecule has 0 bridgehead atoms. The molecule has 0 aliphatic carbocycles. The fourth-order valence-electron chi connectivity index (χ4n) is 3.55. The zero-order valence-electron chi connectivity index (χ0n) is 20.8. The summed E-state index contributed by atoms with van der Waals surface area (Å²) in [5.74, 6) is 1.28. The standard InChI is InChI=1S/C26H25N5O6S/c1-35-21-11-17(12-22(36-2)24(21)37-3)25-29-30-26(31(25)18-7-5-4-6-8-18)38-15-23(34)28-27-14-16-9-10-19(32)13-20(16)33/h4-14,32-33H,15H2,1-3H3,(H,28,34)/b27-14+. The lowest BCUT2D eigenvalue weighted by atomic mass is 10.1. The number of phenols is 2. The van der Waals surface area contributed by atoms with Crippen LogP contribution < -0.4 is 19.6 Å². The summed E-state index contributed by atoms with van der Waals surface area (Å²) in [6.45, 7) is 0. The van der Waals surface area contributed by atoms with Gasteiger partial charge < -0.3 is 24.4 Å². The van der Waals surface area contributed by atoms with E-state index in [4.69, 9.17) is 14.2 Å². The number of aromatic nitrogens is 3. The summed E-state index contributed by atoms with van der Waals surface area (Å²) in [6.07, 6.45) is 1.28. The quantitative estimate of drug-likeness (QED) is 0.158. The van der Waals surface area contributed by atoms with E-state index in [0.717, 1.165) is 5.69 Å². The van der Waals surface area contributed by atoms with Crippen LogP contribution in [0.1, 0.15) is 5.56 Å². The molecule has 3 aromatic carbocycles. The second-order valence-corrected chi connectivity index (χ2v) is 8.66. The van der Waals surface area contributed by atoms with E-state index in [9.17, 15) is 15.0 Å². The molecule has 1 amide bonds. The van der Waals surface area contributed by atoms with E-state index in [1.54, 1.807) is 12.1 Å². The maximum absolute atomic E-state index is 12.5. The molecule has 0 fully saturated rings. The number of rotatable bonds is 10. The minimum atomic E-state index is -0.388. The van der Waals surface area contributed by atoms with Crippen LogP contribution in [0.15, 0.2) is 70.9 Å². The molecule has 38 heavy (non-hydrogen) atoms. The Morgan fingerprint density at radius 1 is 1.00 bits per heavy atom. The van der Waals surface area contributed by atoms with Gasteiger partial charge in [-0.25, -0.2) is 5.43 Å². The first kappa shape index (κ1) is 26.4. The van der Waals surface area contributed by atoms with Crippen molar-refractivity contribution in [2.24, 2.45) is 5.10 Å². The Labute approximate surface area is 222 Å².